The van der Waals surface area contributed by atoms with Crippen molar-refractivity contribution in [1.82, 2.24) is 0 Å². The molecule has 2 aromatic rings. The number of hydrogen-bond donors (Lipinski definition) is 1. The fourth-order valence-corrected chi connectivity index (χ4v) is 4.71. The number of benzene rings is 1. The van der Waals surface area contributed by atoms with Crippen molar-refractivity contribution in [2.24, 2.45) is 0 Å². The van der Waals surface area contributed by atoms with E-state index in [1.54, 1.807) is 18.7 Å². The number of thiophene rings is 1. The first-order valence-corrected chi connectivity index (χ1v) is 10.4. The number of amides is 1. The molecular weight excluding hydrogens is 354 g/mol. The number of carbonyl (C=O) groups excluding carboxylic acids is 2. The topological polar surface area (TPSA) is 55.4 Å². The molecule has 0 fully saturated rings. The Morgan fingerprint density at radius 2 is 2.00 bits per heavy atom. The average Bonchev–Trinajstić information content (AvgIpc) is 3.16. The van der Waals surface area contributed by atoms with Crippen LogP contribution in [0.3, 0.4) is 0 Å². The van der Waals surface area contributed by atoms with E-state index in [1.165, 1.54) is 21.1 Å². The van der Waals surface area contributed by atoms with E-state index in [1.807, 2.05) is 30.5 Å². The molecule has 3 rings (SSSR count). The molecule has 6 heteroatoms. The van der Waals surface area contributed by atoms with Crippen LogP contribution in [0, 0.1) is 0 Å². The van der Waals surface area contributed by atoms with Gasteiger partial charge in [-0.3, -0.25) is 4.79 Å². The van der Waals surface area contributed by atoms with Gasteiger partial charge in [0.2, 0.25) is 5.91 Å². The maximum atomic E-state index is 12.4. The Morgan fingerprint density at radius 3 is 2.68 bits per heavy atom. The van der Waals surface area contributed by atoms with E-state index >= 15 is 0 Å². The van der Waals surface area contributed by atoms with Crippen LogP contribution >= 0.6 is 23.1 Å². The lowest BCUT2D eigenvalue weighted by molar-refractivity contribution is -0.115. The van der Waals surface area contributed by atoms with Gasteiger partial charge in [0.05, 0.1) is 18.6 Å². The molecule has 0 aliphatic heterocycles. The van der Waals surface area contributed by atoms with Crippen LogP contribution in [0.4, 0.5) is 5.00 Å². The van der Waals surface area contributed by atoms with Crippen LogP contribution in [0.1, 0.15) is 39.7 Å². The maximum Gasteiger partial charge on any atom is 0.341 e. The third-order valence-electron chi connectivity index (χ3n) is 4.18. The number of rotatable bonds is 6. The quantitative estimate of drug-likeness (QED) is 0.604. The molecule has 132 valence electrons. The highest BCUT2D eigenvalue weighted by Gasteiger charge is 2.28. The van der Waals surface area contributed by atoms with Gasteiger partial charge >= 0.3 is 5.97 Å². The number of esters is 1. The Labute approximate surface area is 156 Å². The maximum absolute atomic E-state index is 12.4. The number of fused-ring (bicyclic) bond motifs is 1. The SMILES string of the molecule is CCOC(=O)c1c(NC(=O)Cc2ccc(SC)cc2)sc2c1CCC2. The lowest BCUT2D eigenvalue weighted by atomic mass is 10.1. The standard InChI is InChI=1S/C19H21NO3S2/c1-3-23-19(22)17-14-5-4-6-15(14)25-18(17)20-16(21)11-12-7-9-13(24-2)10-8-12/h7-10H,3-6,11H2,1-2H3,(H,20,21). The molecule has 0 bridgehead atoms. The molecule has 0 saturated heterocycles. The summed E-state index contributed by atoms with van der Waals surface area (Å²) in [6, 6.07) is 7.95. The van der Waals surface area contributed by atoms with Gasteiger partial charge in [0, 0.05) is 9.77 Å². The second-order valence-corrected chi connectivity index (χ2v) is 7.84. The van der Waals surface area contributed by atoms with Crippen LogP contribution in [-0.2, 0) is 28.8 Å². The highest BCUT2D eigenvalue weighted by Crippen LogP contribution is 2.39. The van der Waals surface area contributed by atoms with Gasteiger partial charge in [-0.1, -0.05) is 12.1 Å². The fraction of sp³-hybridized carbons (Fsp3) is 0.368. The molecule has 1 aromatic carbocycles. The third-order valence-corrected chi connectivity index (χ3v) is 6.13. The van der Waals surface area contributed by atoms with E-state index in [9.17, 15) is 9.59 Å². The predicted octanol–water partition coefficient (Wildman–Crippen LogP) is 4.32. The van der Waals surface area contributed by atoms with Crippen LogP contribution < -0.4 is 5.32 Å². The number of nitrogens with one attached hydrogen (secondary N) is 1. The molecule has 0 radical (unpaired) electrons. The molecule has 25 heavy (non-hydrogen) atoms. The van der Waals surface area contributed by atoms with Crippen LogP contribution in [0.25, 0.3) is 0 Å². The minimum atomic E-state index is -0.332. The minimum Gasteiger partial charge on any atom is -0.462 e. The second kappa shape index (κ2) is 8.06. The van der Waals surface area contributed by atoms with Crippen molar-refractivity contribution >= 4 is 40.0 Å². The van der Waals surface area contributed by atoms with Gasteiger partial charge in [0.1, 0.15) is 5.00 Å². The normalized spacial score (nSPS) is 12.7. The number of thioether (sulfide) groups is 1. The zero-order chi connectivity index (χ0) is 17.8. The first-order valence-electron chi connectivity index (χ1n) is 8.36. The largest absolute Gasteiger partial charge is 0.462 e. The lowest BCUT2D eigenvalue weighted by Crippen LogP contribution is -2.16. The Morgan fingerprint density at radius 1 is 1.24 bits per heavy atom. The average molecular weight is 376 g/mol. The van der Waals surface area contributed by atoms with E-state index in [4.69, 9.17) is 4.74 Å². The molecule has 1 aliphatic carbocycles. The number of anilines is 1. The molecule has 1 amide bonds. The van der Waals surface area contributed by atoms with E-state index in [2.05, 4.69) is 5.32 Å². The molecule has 1 heterocycles. The van der Waals surface area contributed by atoms with Crippen molar-refractivity contribution in [3.05, 3.63) is 45.8 Å². The van der Waals surface area contributed by atoms with E-state index < -0.39 is 0 Å². The first kappa shape index (κ1) is 18.0. The monoisotopic (exact) mass is 375 g/mol. The Balaban J connectivity index is 1.75. The van der Waals surface area contributed by atoms with Gasteiger partial charge in [0.25, 0.3) is 0 Å². The summed E-state index contributed by atoms with van der Waals surface area (Å²) in [6.07, 6.45) is 5.22. The summed E-state index contributed by atoms with van der Waals surface area (Å²) in [5.41, 5.74) is 2.57. The number of carbonyl (C=O) groups is 2. The molecule has 0 spiro atoms. The van der Waals surface area contributed by atoms with Gasteiger partial charge in [0.15, 0.2) is 0 Å². The molecular formula is C19H21NO3S2. The van der Waals surface area contributed by atoms with E-state index in [0.29, 0.717) is 23.6 Å². The van der Waals surface area contributed by atoms with Gasteiger partial charge in [-0.15, -0.1) is 23.1 Å². The van der Waals surface area contributed by atoms with Crippen molar-refractivity contribution in [2.45, 2.75) is 37.5 Å². The predicted molar refractivity (Wildman–Crippen MR) is 103 cm³/mol. The first-order chi connectivity index (χ1) is 12.1. The molecule has 0 unspecified atom stereocenters. The van der Waals surface area contributed by atoms with Crippen LogP contribution in [0.2, 0.25) is 0 Å². The van der Waals surface area contributed by atoms with Crippen molar-refractivity contribution in [2.75, 3.05) is 18.2 Å². The highest BCUT2D eigenvalue weighted by molar-refractivity contribution is 7.98. The van der Waals surface area contributed by atoms with Crippen LogP contribution in [0.5, 0.6) is 0 Å². The molecule has 0 saturated carbocycles. The Hall–Kier alpha value is -1.79. The van der Waals surface area contributed by atoms with Crippen molar-refractivity contribution in [3.63, 3.8) is 0 Å². The van der Waals surface area contributed by atoms with Gasteiger partial charge in [-0.25, -0.2) is 4.79 Å². The highest BCUT2D eigenvalue weighted by atomic mass is 32.2. The van der Waals surface area contributed by atoms with Gasteiger partial charge in [-0.05, 0) is 55.7 Å². The Kier molecular flexibility index (Phi) is 5.81. The summed E-state index contributed by atoms with van der Waals surface area (Å²) in [4.78, 5) is 27.1. The van der Waals surface area contributed by atoms with E-state index in [0.717, 1.165) is 30.4 Å². The van der Waals surface area contributed by atoms with E-state index in [-0.39, 0.29) is 11.9 Å². The number of ether oxygens (including phenoxy) is 1. The van der Waals surface area contributed by atoms with Crippen molar-refractivity contribution < 1.29 is 14.3 Å². The molecule has 1 aliphatic rings. The van der Waals surface area contributed by atoms with Gasteiger partial charge < -0.3 is 10.1 Å². The zero-order valence-corrected chi connectivity index (χ0v) is 16.0. The second-order valence-electron chi connectivity index (χ2n) is 5.85. The van der Waals surface area contributed by atoms with Crippen LogP contribution in [-0.4, -0.2) is 24.7 Å². The lowest BCUT2D eigenvalue weighted by Gasteiger charge is -2.08. The molecule has 0 atom stereocenters. The number of hydrogen-bond acceptors (Lipinski definition) is 5. The number of aryl methyl sites for hydroxylation is 1. The summed E-state index contributed by atoms with van der Waals surface area (Å²) >= 11 is 3.18. The fourth-order valence-electron chi connectivity index (χ4n) is 3.01. The van der Waals surface area contributed by atoms with Gasteiger partial charge in [-0.2, -0.15) is 0 Å². The summed E-state index contributed by atoms with van der Waals surface area (Å²) in [6.45, 7) is 2.12. The minimum absolute atomic E-state index is 0.109. The molecule has 1 aromatic heterocycles. The summed E-state index contributed by atoms with van der Waals surface area (Å²) in [5, 5.41) is 3.56. The molecule has 4 nitrogen and oxygen atoms in total. The Bertz CT molecular complexity index is 781. The summed E-state index contributed by atoms with van der Waals surface area (Å²) in [5.74, 6) is -0.441. The smallest absolute Gasteiger partial charge is 0.341 e. The zero-order valence-electron chi connectivity index (χ0n) is 14.4. The van der Waals surface area contributed by atoms with Crippen molar-refractivity contribution in [3.8, 4) is 0 Å². The third kappa shape index (κ3) is 4.07. The van der Waals surface area contributed by atoms with Crippen LogP contribution in [0.15, 0.2) is 29.2 Å². The summed E-state index contributed by atoms with van der Waals surface area (Å²) < 4.78 is 5.19. The van der Waals surface area contributed by atoms with Crippen molar-refractivity contribution in [1.29, 1.82) is 0 Å². The summed E-state index contributed by atoms with van der Waals surface area (Å²) in [7, 11) is 0. The molecule has 1 N–H and O–H groups in total.